The highest BCUT2D eigenvalue weighted by Gasteiger charge is 2.28. The van der Waals surface area contributed by atoms with Gasteiger partial charge in [0.1, 0.15) is 5.52 Å². The molecule has 0 aliphatic heterocycles. The third-order valence-electron chi connectivity index (χ3n) is 3.58. The largest absolute Gasteiger partial charge is 0.494 e. The van der Waals surface area contributed by atoms with E-state index in [0.717, 1.165) is 22.2 Å². The van der Waals surface area contributed by atoms with E-state index in [-0.39, 0.29) is 11.7 Å². The molecule has 0 saturated carbocycles. The Morgan fingerprint density at radius 3 is 2.35 bits per heavy atom. The molecule has 0 aliphatic rings. The standard InChI is InChI=1S/C20H25BN2O3/c1-14(2)25-21(26-20(3,4)5)15-10-12-16(13-11-15)22-19-23-17-8-6-7-9-18(17)24-19/h6-14H,1-5H3,(H,22,23). The molecule has 2 aromatic carbocycles. The first-order valence-corrected chi connectivity index (χ1v) is 8.86. The lowest BCUT2D eigenvalue weighted by Gasteiger charge is -2.26. The molecule has 26 heavy (non-hydrogen) atoms. The van der Waals surface area contributed by atoms with Gasteiger partial charge >= 0.3 is 7.12 Å². The summed E-state index contributed by atoms with van der Waals surface area (Å²) in [4.78, 5) is 4.43. The minimum Gasteiger partial charge on any atom is -0.423 e. The van der Waals surface area contributed by atoms with Gasteiger partial charge in [-0.15, -0.1) is 0 Å². The van der Waals surface area contributed by atoms with E-state index in [1.165, 1.54) is 0 Å². The van der Waals surface area contributed by atoms with Crippen LogP contribution in [-0.2, 0) is 9.31 Å². The van der Waals surface area contributed by atoms with Gasteiger partial charge in [0.15, 0.2) is 5.58 Å². The normalized spacial score (nSPS) is 11.9. The number of rotatable bonds is 6. The minimum atomic E-state index is -0.409. The van der Waals surface area contributed by atoms with E-state index >= 15 is 0 Å². The van der Waals surface area contributed by atoms with E-state index in [1.807, 2.05) is 83.1 Å². The average molecular weight is 352 g/mol. The van der Waals surface area contributed by atoms with Gasteiger partial charge in [0.2, 0.25) is 0 Å². The molecule has 0 fully saturated rings. The van der Waals surface area contributed by atoms with Crippen LogP contribution in [0.5, 0.6) is 0 Å². The Kier molecular flexibility index (Phi) is 5.34. The van der Waals surface area contributed by atoms with Gasteiger partial charge in [-0.1, -0.05) is 24.3 Å². The quantitative estimate of drug-likeness (QED) is 0.662. The Balaban J connectivity index is 1.75. The van der Waals surface area contributed by atoms with Gasteiger partial charge in [-0.25, -0.2) is 0 Å². The number of fused-ring (bicyclic) bond motifs is 1. The maximum Gasteiger partial charge on any atom is 0.494 e. The minimum absolute atomic E-state index is 0.0694. The van der Waals surface area contributed by atoms with E-state index in [4.69, 9.17) is 13.7 Å². The van der Waals surface area contributed by atoms with E-state index < -0.39 is 7.12 Å². The fraction of sp³-hybridized carbons (Fsp3) is 0.350. The predicted molar refractivity (Wildman–Crippen MR) is 106 cm³/mol. The number of para-hydroxylation sites is 2. The van der Waals surface area contributed by atoms with E-state index in [1.54, 1.807) is 0 Å². The van der Waals surface area contributed by atoms with Crippen LogP contribution < -0.4 is 10.8 Å². The summed E-state index contributed by atoms with van der Waals surface area (Å²) in [6.07, 6.45) is 0.0694. The molecule has 0 aliphatic carbocycles. The Morgan fingerprint density at radius 1 is 1.04 bits per heavy atom. The Hall–Kier alpha value is -2.31. The lowest BCUT2D eigenvalue weighted by molar-refractivity contribution is 0.0757. The lowest BCUT2D eigenvalue weighted by Crippen LogP contribution is -2.44. The topological polar surface area (TPSA) is 56.5 Å². The summed E-state index contributed by atoms with van der Waals surface area (Å²) in [7, 11) is -0.409. The van der Waals surface area contributed by atoms with Crippen LogP contribution >= 0.6 is 0 Å². The number of hydrogen-bond donors (Lipinski definition) is 1. The first-order valence-electron chi connectivity index (χ1n) is 8.86. The van der Waals surface area contributed by atoms with Gasteiger partial charge in [-0.3, -0.25) is 0 Å². The number of nitrogens with zero attached hydrogens (tertiary/aromatic N) is 1. The molecule has 0 bridgehead atoms. The van der Waals surface area contributed by atoms with Crippen molar-refractivity contribution in [1.29, 1.82) is 0 Å². The van der Waals surface area contributed by atoms with Crippen LogP contribution in [0, 0.1) is 0 Å². The number of benzene rings is 2. The molecule has 6 heteroatoms. The molecular weight excluding hydrogens is 327 g/mol. The van der Waals surface area contributed by atoms with Crippen LogP contribution in [0.1, 0.15) is 34.6 Å². The maximum atomic E-state index is 6.06. The van der Waals surface area contributed by atoms with Crippen LogP contribution in [0.15, 0.2) is 52.9 Å². The maximum absolute atomic E-state index is 6.06. The van der Waals surface area contributed by atoms with Crippen LogP contribution in [0.3, 0.4) is 0 Å². The van der Waals surface area contributed by atoms with Crippen LogP contribution in [-0.4, -0.2) is 23.8 Å². The second-order valence-corrected chi connectivity index (χ2v) is 7.48. The summed E-state index contributed by atoms with van der Waals surface area (Å²) in [6.45, 7) is 10.1. The van der Waals surface area contributed by atoms with Gasteiger partial charge in [0.25, 0.3) is 6.01 Å². The SMILES string of the molecule is CC(C)OB(OC(C)(C)C)c1ccc(Nc2nc3ccccc3o2)cc1. The summed E-state index contributed by atoms with van der Waals surface area (Å²) in [5, 5.41) is 3.19. The van der Waals surface area contributed by atoms with Crippen molar-refractivity contribution in [3.63, 3.8) is 0 Å². The Morgan fingerprint density at radius 2 is 1.73 bits per heavy atom. The third-order valence-corrected chi connectivity index (χ3v) is 3.58. The molecule has 0 amide bonds. The molecule has 0 unspecified atom stereocenters. The van der Waals surface area contributed by atoms with Gasteiger partial charge < -0.3 is 19.0 Å². The highest BCUT2D eigenvalue weighted by Crippen LogP contribution is 2.21. The monoisotopic (exact) mass is 352 g/mol. The number of nitrogens with one attached hydrogen (secondary N) is 1. The van der Waals surface area contributed by atoms with Crippen molar-refractivity contribution in [2.75, 3.05) is 5.32 Å². The highest BCUT2D eigenvalue weighted by atomic mass is 16.6. The van der Waals surface area contributed by atoms with E-state index in [0.29, 0.717) is 6.01 Å². The zero-order valence-electron chi connectivity index (χ0n) is 15.9. The van der Waals surface area contributed by atoms with Crippen molar-refractivity contribution in [2.45, 2.75) is 46.3 Å². The molecule has 1 aromatic heterocycles. The van der Waals surface area contributed by atoms with Crippen LogP contribution in [0.2, 0.25) is 0 Å². The van der Waals surface area contributed by atoms with Crippen LogP contribution in [0.4, 0.5) is 11.7 Å². The predicted octanol–water partition coefficient (Wildman–Crippen LogP) is 4.51. The van der Waals surface area contributed by atoms with Gasteiger partial charge in [0.05, 0.1) is 0 Å². The van der Waals surface area contributed by atoms with Crippen LogP contribution in [0.25, 0.3) is 11.1 Å². The number of anilines is 2. The molecule has 0 radical (unpaired) electrons. The molecular formula is C20H25BN2O3. The number of hydrogen-bond acceptors (Lipinski definition) is 5. The molecule has 0 spiro atoms. The zero-order valence-corrected chi connectivity index (χ0v) is 15.9. The zero-order chi connectivity index (χ0) is 18.7. The van der Waals surface area contributed by atoms with Crippen molar-refractivity contribution < 1.29 is 13.7 Å². The molecule has 3 aromatic rings. The number of aromatic nitrogens is 1. The van der Waals surface area contributed by atoms with Crippen molar-refractivity contribution in [2.24, 2.45) is 0 Å². The smallest absolute Gasteiger partial charge is 0.423 e. The van der Waals surface area contributed by atoms with Crippen molar-refractivity contribution in [3.8, 4) is 0 Å². The molecule has 0 atom stereocenters. The fourth-order valence-electron chi connectivity index (χ4n) is 2.52. The molecule has 1 N–H and O–H groups in total. The van der Waals surface area contributed by atoms with E-state index in [9.17, 15) is 0 Å². The molecule has 1 heterocycles. The summed E-state index contributed by atoms with van der Waals surface area (Å²) in [6, 6.07) is 16.1. The molecule has 5 nitrogen and oxygen atoms in total. The lowest BCUT2D eigenvalue weighted by atomic mass is 9.77. The second kappa shape index (κ2) is 7.52. The fourth-order valence-corrected chi connectivity index (χ4v) is 2.52. The van der Waals surface area contributed by atoms with Gasteiger partial charge in [0, 0.05) is 17.4 Å². The van der Waals surface area contributed by atoms with Gasteiger partial charge in [-0.2, -0.15) is 4.98 Å². The van der Waals surface area contributed by atoms with Crippen molar-refractivity contribution in [3.05, 3.63) is 48.5 Å². The second-order valence-electron chi connectivity index (χ2n) is 7.48. The van der Waals surface area contributed by atoms with Gasteiger partial charge in [-0.05, 0) is 64.3 Å². The van der Waals surface area contributed by atoms with Crippen molar-refractivity contribution in [1.82, 2.24) is 4.98 Å². The Bertz CT molecular complexity index is 820. The number of oxazole rings is 1. The van der Waals surface area contributed by atoms with E-state index in [2.05, 4.69) is 10.3 Å². The summed E-state index contributed by atoms with van der Waals surface area (Å²) in [5.74, 6) is 0. The van der Waals surface area contributed by atoms with Crippen molar-refractivity contribution >= 4 is 35.4 Å². The highest BCUT2D eigenvalue weighted by molar-refractivity contribution is 6.61. The average Bonchev–Trinajstić information content (AvgIpc) is 2.95. The first-order chi connectivity index (χ1) is 12.3. The molecule has 0 saturated heterocycles. The Labute approximate surface area is 154 Å². The third kappa shape index (κ3) is 4.87. The molecule has 3 rings (SSSR count). The summed E-state index contributed by atoms with van der Waals surface area (Å²) < 4.78 is 17.7. The summed E-state index contributed by atoms with van der Waals surface area (Å²) in [5.41, 5.74) is 3.15. The summed E-state index contributed by atoms with van der Waals surface area (Å²) >= 11 is 0. The molecule has 136 valence electrons. The first kappa shape index (κ1) is 18.5.